The fourth-order valence-electron chi connectivity index (χ4n) is 2.49. The Morgan fingerprint density at radius 3 is 2.82 bits per heavy atom. The fraction of sp³-hybridized carbons (Fsp3) is 0.158. The van der Waals surface area contributed by atoms with Crippen molar-refractivity contribution >= 4 is 27.7 Å². The first-order valence-electron chi connectivity index (χ1n) is 8.06. The van der Waals surface area contributed by atoms with Crippen molar-refractivity contribution in [2.75, 3.05) is 13.4 Å². The molecule has 1 aromatic carbocycles. The molecule has 0 aliphatic rings. The number of rotatable bonds is 6. The maximum atomic E-state index is 12.2. The van der Waals surface area contributed by atoms with Crippen LogP contribution in [0.3, 0.4) is 0 Å². The Hall–Kier alpha value is -2.83. The summed E-state index contributed by atoms with van der Waals surface area (Å²) in [5.74, 6) is 0.933. The number of methoxy groups -OCH3 is 1. The predicted molar refractivity (Wildman–Crippen MR) is 110 cm³/mol. The number of ether oxygens (including phenoxy) is 2. The number of nitriles is 1. The van der Waals surface area contributed by atoms with Crippen LogP contribution < -0.4 is 15.0 Å². The molecule has 0 radical (unpaired) electrons. The van der Waals surface area contributed by atoms with E-state index in [1.165, 1.54) is 18.9 Å². The largest absolute Gasteiger partial charge is 0.493 e. The number of halogens is 1. The van der Waals surface area contributed by atoms with Crippen LogP contribution in [0.25, 0.3) is 11.3 Å². The maximum Gasteiger partial charge on any atom is 0.270 e. The fourth-order valence-corrected chi connectivity index (χ4v) is 3.42. The summed E-state index contributed by atoms with van der Waals surface area (Å²) in [7, 11) is 1.52. The molecule has 0 amide bonds. The molecule has 2 aromatic heterocycles. The highest BCUT2D eigenvalue weighted by molar-refractivity contribution is 9.10. The van der Waals surface area contributed by atoms with Crippen LogP contribution in [0.1, 0.15) is 11.3 Å². The number of benzene rings is 1. The van der Waals surface area contributed by atoms with Gasteiger partial charge in [0.25, 0.3) is 5.56 Å². The van der Waals surface area contributed by atoms with Gasteiger partial charge in [-0.25, -0.2) is 4.98 Å². The average Bonchev–Trinajstić information content (AvgIpc) is 2.72. The number of aromatic nitrogens is 3. The highest BCUT2D eigenvalue weighted by Crippen LogP contribution is 2.40. The Kier molecular flexibility index (Phi) is 6.34. The molecule has 3 aromatic rings. The number of thioether (sulfide) groups is 1. The van der Waals surface area contributed by atoms with Gasteiger partial charge in [-0.15, -0.1) is 0 Å². The van der Waals surface area contributed by atoms with Gasteiger partial charge >= 0.3 is 0 Å². The Balaban J connectivity index is 2.04. The lowest BCUT2D eigenvalue weighted by atomic mass is 10.1. The minimum atomic E-state index is -0.484. The molecule has 0 fully saturated rings. The molecule has 0 unspecified atom stereocenters. The lowest BCUT2D eigenvalue weighted by Gasteiger charge is -2.14. The number of nitrogens with zero attached hydrogens (tertiary/aromatic N) is 3. The van der Waals surface area contributed by atoms with Gasteiger partial charge in [0, 0.05) is 11.8 Å². The molecule has 0 spiro atoms. The number of nitrogens with one attached hydrogen (secondary N) is 1. The first kappa shape index (κ1) is 19.9. The average molecular weight is 459 g/mol. The number of aromatic amines is 1. The quantitative estimate of drug-likeness (QED) is 0.442. The second-order valence-electron chi connectivity index (χ2n) is 5.51. The van der Waals surface area contributed by atoms with Crippen LogP contribution in [0.15, 0.2) is 51.0 Å². The van der Waals surface area contributed by atoms with E-state index in [4.69, 9.17) is 9.47 Å². The van der Waals surface area contributed by atoms with E-state index in [-0.39, 0.29) is 17.9 Å². The van der Waals surface area contributed by atoms with Crippen LogP contribution in [0, 0.1) is 11.3 Å². The van der Waals surface area contributed by atoms with Crippen molar-refractivity contribution in [2.24, 2.45) is 0 Å². The highest BCUT2D eigenvalue weighted by Gasteiger charge is 2.18. The standard InChI is InChI=1S/C19H15BrN4O3S/c1-26-15-8-11(16-13(9-21)18(25)24-19(23-16)28-2)7-14(20)17(15)27-10-12-5-3-4-6-22-12/h3-8H,10H2,1-2H3,(H,23,24,25). The Morgan fingerprint density at radius 2 is 2.18 bits per heavy atom. The molecule has 7 nitrogen and oxygen atoms in total. The topological polar surface area (TPSA) is 101 Å². The smallest absolute Gasteiger partial charge is 0.270 e. The zero-order valence-electron chi connectivity index (χ0n) is 15.0. The second kappa shape index (κ2) is 8.91. The molecule has 28 heavy (non-hydrogen) atoms. The maximum absolute atomic E-state index is 12.2. The molecular formula is C19H15BrN4O3S. The highest BCUT2D eigenvalue weighted by atomic mass is 79.9. The van der Waals surface area contributed by atoms with E-state index >= 15 is 0 Å². The molecule has 0 aliphatic carbocycles. The summed E-state index contributed by atoms with van der Waals surface area (Å²) in [6, 6.07) is 10.9. The number of H-pyrrole nitrogens is 1. The summed E-state index contributed by atoms with van der Waals surface area (Å²) in [6.07, 6.45) is 3.48. The van der Waals surface area contributed by atoms with Crippen molar-refractivity contribution in [2.45, 2.75) is 11.8 Å². The molecule has 0 bridgehead atoms. The minimum Gasteiger partial charge on any atom is -0.493 e. The molecule has 2 heterocycles. The van der Waals surface area contributed by atoms with E-state index in [1.54, 1.807) is 24.6 Å². The molecular weight excluding hydrogens is 444 g/mol. The van der Waals surface area contributed by atoms with Gasteiger partial charge in [0.1, 0.15) is 18.2 Å². The van der Waals surface area contributed by atoms with E-state index in [1.807, 2.05) is 24.3 Å². The summed E-state index contributed by atoms with van der Waals surface area (Å²) in [5, 5.41) is 9.81. The summed E-state index contributed by atoms with van der Waals surface area (Å²) >= 11 is 4.77. The monoisotopic (exact) mass is 458 g/mol. The summed E-state index contributed by atoms with van der Waals surface area (Å²) in [6.45, 7) is 0.262. The van der Waals surface area contributed by atoms with Gasteiger partial charge < -0.3 is 14.5 Å². The van der Waals surface area contributed by atoms with Gasteiger partial charge in [0.15, 0.2) is 16.7 Å². The van der Waals surface area contributed by atoms with Crippen molar-refractivity contribution in [3.8, 4) is 28.8 Å². The van der Waals surface area contributed by atoms with E-state index in [9.17, 15) is 10.1 Å². The normalized spacial score (nSPS) is 10.4. The molecule has 0 atom stereocenters. The van der Waals surface area contributed by atoms with E-state index < -0.39 is 5.56 Å². The van der Waals surface area contributed by atoms with Crippen molar-refractivity contribution in [3.05, 3.63) is 62.6 Å². The Labute approximate surface area is 173 Å². The van der Waals surface area contributed by atoms with E-state index in [0.29, 0.717) is 26.7 Å². The van der Waals surface area contributed by atoms with E-state index in [2.05, 4.69) is 30.9 Å². The van der Waals surface area contributed by atoms with Gasteiger partial charge in [-0.2, -0.15) is 5.26 Å². The number of hydrogen-bond acceptors (Lipinski definition) is 7. The second-order valence-corrected chi connectivity index (χ2v) is 7.16. The molecule has 0 saturated carbocycles. The third kappa shape index (κ3) is 4.18. The van der Waals surface area contributed by atoms with Crippen LogP contribution in [0.2, 0.25) is 0 Å². The summed E-state index contributed by atoms with van der Waals surface area (Å²) in [4.78, 5) is 23.4. The molecule has 0 aliphatic heterocycles. The molecule has 9 heteroatoms. The van der Waals surface area contributed by atoms with Gasteiger partial charge in [0.2, 0.25) is 0 Å². The molecule has 0 saturated heterocycles. The Morgan fingerprint density at radius 1 is 1.36 bits per heavy atom. The first-order chi connectivity index (χ1) is 13.6. The zero-order valence-corrected chi connectivity index (χ0v) is 17.4. The lowest BCUT2D eigenvalue weighted by molar-refractivity contribution is 0.279. The molecule has 3 rings (SSSR count). The third-order valence-electron chi connectivity index (χ3n) is 3.80. The van der Waals surface area contributed by atoms with Crippen molar-refractivity contribution < 1.29 is 9.47 Å². The van der Waals surface area contributed by atoms with E-state index in [0.717, 1.165) is 5.69 Å². The van der Waals surface area contributed by atoms with Crippen molar-refractivity contribution in [1.82, 2.24) is 15.0 Å². The SMILES string of the molecule is COc1cc(-c2nc(SC)[nH]c(=O)c2C#N)cc(Br)c1OCc1ccccn1. The number of hydrogen-bond donors (Lipinski definition) is 1. The van der Waals surface area contributed by atoms with Crippen LogP contribution >= 0.6 is 27.7 Å². The first-order valence-corrected chi connectivity index (χ1v) is 10.1. The summed E-state index contributed by atoms with van der Waals surface area (Å²) in [5.41, 5.74) is 1.07. The number of pyridine rings is 1. The van der Waals surface area contributed by atoms with Crippen LogP contribution in [0.4, 0.5) is 0 Å². The predicted octanol–water partition coefficient (Wildman–Crippen LogP) is 3.78. The minimum absolute atomic E-state index is 0.0612. The van der Waals surface area contributed by atoms with Crippen molar-refractivity contribution in [1.29, 1.82) is 5.26 Å². The lowest BCUT2D eigenvalue weighted by Crippen LogP contribution is -2.14. The Bertz CT molecular complexity index is 1100. The van der Waals surface area contributed by atoms with Crippen LogP contribution in [-0.4, -0.2) is 28.3 Å². The molecule has 142 valence electrons. The van der Waals surface area contributed by atoms with Crippen LogP contribution in [0.5, 0.6) is 11.5 Å². The summed E-state index contributed by atoms with van der Waals surface area (Å²) < 4.78 is 11.9. The zero-order chi connectivity index (χ0) is 20.1. The third-order valence-corrected chi connectivity index (χ3v) is 4.97. The van der Waals surface area contributed by atoms with Gasteiger partial charge in [-0.1, -0.05) is 17.8 Å². The van der Waals surface area contributed by atoms with Gasteiger partial charge in [-0.3, -0.25) is 9.78 Å². The van der Waals surface area contributed by atoms with Crippen molar-refractivity contribution in [3.63, 3.8) is 0 Å². The van der Waals surface area contributed by atoms with Crippen LogP contribution in [-0.2, 0) is 6.61 Å². The van der Waals surface area contributed by atoms with Gasteiger partial charge in [0.05, 0.1) is 23.0 Å². The molecule has 1 N–H and O–H groups in total. The van der Waals surface area contributed by atoms with Gasteiger partial charge in [-0.05, 0) is 46.5 Å².